The summed E-state index contributed by atoms with van der Waals surface area (Å²) >= 11 is 0. The van der Waals surface area contributed by atoms with Crippen molar-refractivity contribution >= 4 is 11.8 Å². The fraction of sp³-hybridized carbons (Fsp3) is 0.800. The van der Waals surface area contributed by atoms with Crippen LogP contribution < -0.4 is 11.1 Å². The van der Waals surface area contributed by atoms with Crippen molar-refractivity contribution in [2.75, 3.05) is 0 Å². The Morgan fingerprint density at radius 1 is 1.08 bits per heavy atom. The molecule has 0 unspecified atom stereocenters. The highest BCUT2D eigenvalue weighted by atomic mass is 16.2. The summed E-state index contributed by atoms with van der Waals surface area (Å²) in [6.45, 7) is 4.68. The zero-order valence-electron chi connectivity index (χ0n) is 14.9. The summed E-state index contributed by atoms with van der Waals surface area (Å²) in [6.07, 6.45) is 10.9. The van der Waals surface area contributed by atoms with E-state index in [9.17, 15) is 9.59 Å². The van der Waals surface area contributed by atoms with Gasteiger partial charge >= 0.3 is 6.03 Å². The molecule has 0 saturated heterocycles. The van der Waals surface area contributed by atoms with Crippen molar-refractivity contribution in [3.8, 4) is 0 Å². The predicted octanol–water partition coefficient (Wildman–Crippen LogP) is 3.56. The van der Waals surface area contributed by atoms with Crippen molar-refractivity contribution in [1.82, 2.24) is 5.32 Å². The van der Waals surface area contributed by atoms with Crippen molar-refractivity contribution in [1.29, 1.82) is 0 Å². The molecule has 0 aliphatic heterocycles. The molecule has 2 amide bonds. The zero-order chi connectivity index (χ0) is 17.1. The van der Waals surface area contributed by atoms with Gasteiger partial charge in [0.25, 0.3) is 0 Å². The van der Waals surface area contributed by atoms with Gasteiger partial charge in [-0.05, 0) is 68.1 Å². The summed E-state index contributed by atoms with van der Waals surface area (Å²) < 4.78 is 0. The molecule has 0 bridgehead atoms. The Kier molecular flexibility index (Phi) is 3.59. The average molecular weight is 330 g/mol. The lowest BCUT2D eigenvalue weighted by molar-refractivity contribution is -0.132. The number of Topliss-reactive ketones (excluding diaryl/α,β-unsaturated/α-hetero) is 1. The van der Waals surface area contributed by atoms with Gasteiger partial charge in [0.05, 0.1) is 0 Å². The maximum absolute atomic E-state index is 12.4. The maximum Gasteiger partial charge on any atom is 0.312 e. The summed E-state index contributed by atoms with van der Waals surface area (Å²) in [4.78, 5) is 23.6. The molecule has 4 aliphatic rings. The second kappa shape index (κ2) is 5.34. The van der Waals surface area contributed by atoms with Crippen molar-refractivity contribution in [3.63, 3.8) is 0 Å². The number of ketones is 1. The van der Waals surface area contributed by atoms with Gasteiger partial charge in [-0.15, -0.1) is 0 Å². The standard InChI is InChI=1S/C20H30N2O2/c1-19-9-7-13(22-18(21)24)11-12(19)3-4-14-15-5-6-17(23)20(15,2)10-8-16(14)19/h11,13-16H,3-10H2,1-2H3,(H3,21,22,24)/t13-,14+,15+,16+,19+,20+/m1/s1. The molecule has 4 aliphatic carbocycles. The summed E-state index contributed by atoms with van der Waals surface area (Å²) in [5.74, 6) is 2.53. The van der Waals surface area contributed by atoms with Crippen LogP contribution in [0.4, 0.5) is 4.79 Å². The third kappa shape index (κ3) is 2.18. The minimum Gasteiger partial charge on any atom is -0.352 e. The van der Waals surface area contributed by atoms with E-state index >= 15 is 0 Å². The van der Waals surface area contributed by atoms with Gasteiger partial charge in [0.2, 0.25) is 0 Å². The summed E-state index contributed by atoms with van der Waals surface area (Å²) in [5.41, 5.74) is 7.05. The molecule has 6 atom stereocenters. The molecule has 3 N–H and O–H groups in total. The topological polar surface area (TPSA) is 72.2 Å². The Morgan fingerprint density at radius 2 is 1.79 bits per heavy atom. The van der Waals surface area contributed by atoms with Gasteiger partial charge in [-0.2, -0.15) is 0 Å². The molecule has 3 saturated carbocycles. The first-order valence-corrected chi connectivity index (χ1v) is 9.65. The van der Waals surface area contributed by atoms with Crippen molar-refractivity contribution < 1.29 is 9.59 Å². The number of hydrogen-bond donors (Lipinski definition) is 2. The molecule has 132 valence electrons. The second-order valence-corrected chi connectivity index (χ2v) is 9.10. The van der Waals surface area contributed by atoms with Crippen LogP contribution in [-0.4, -0.2) is 17.9 Å². The lowest BCUT2D eigenvalue weighted by Crippen LogP contribution is -2.52. The normalized spacial score (nSPS) is 47.2. The smallest absolute Gasteiger partial charge is 0.312 e. The van der Waals surface area contributed by atoms with Gasteiger partial charge in [-0.1, -0.05) is 25.5 Å². The molecule has 0 aromatic rings. The fourth-order valence-electron chi connectivity index (χ4n) is 6.80. The molecule has 0 aromatic heterocycles. The number of amides is 2. The third-order valence-corrected chi connectivity index (χ3v) is 8.15. The van der Waals surface area contributed by atoms with E-state index in [1.54, 1.807) is 0 Å². The average Bonchev–Trinajstić information content (AvgIpc) is 2.83. The molecule has 0 heterocycles. The number of carbonyl (C=O) groups is 2. The van der Waals surface area contributed by atoms with Crippen molar-refractivity contribution in [3.05, 3.63) is 11.6 Å². The third-order valence-electron chi connectivity index (χ3n) is 8.15. The van der Waals surface area contributed by atoms with E-state index in [4.69, 9.17) is 5.73 Å². The molecule has 0 radical (unpaired) electrons. The summed E-state index contributed by atoms with van der Waals surface area (Å²) in [5, 5.41) is 2.87. The number of nitrogens with one attached hydrogen (secondary N) is 1. The number of carbonyl (C=O) groups excluding carboxylic acids is 2. The SMILES string of the molecule is C[C@]12CC[C@@H](NC(N)=O)C=C1CC[C@@H]1[C@@H]2CC[C@]2(C)C(=O)CC[C@@H]12. The fourth-order valence-corrected chi connectivity index (χ4v) is 6.80. The highest BCUT2D eigenvalue weighted by molar-refractivity contribution is 5.87. The van der Waals surface area contributed by atoms with Gasteiger partial charge in [-0.3, -0.25) is 4.79 Å². The Balaban J connectivity index is 1.61. The van der Waals surface area contributed by atoms with Crippen LogP contribution in [0.1, 0.15) is 65.2 Å². The van der Waals surface area contributed by atoms with Crippen LogP contribution in [0.2, 0.25) is 0 Å². The summed E-state index contributed by atoms with van der Waals surface area (Å²) in [7, 11) is 0. The van der Waals surface area contributed by atoms with Crippen LogP contribution >= 0.6 is 0 Å². The highest BCUT2D eigenvalue weighted by Gasteiger charge is 2.58. The number of urea groups is 1. The lowest BCUT2D eigenvalue weighted by Gasteiger charge is -2.57. The monoisotopic (exact) mass is 330 g/mol. The van der Waals surface area contributed by atoms with Crippen LogP contribution in [0.5, 0.6) is 0 Å². The molecule has 4 rings (SSSR count). The van der Waals surface area contributed by atoms with Crippen molar-refractivity contribution in [2.45, 2.75) is 71.3 Å². The Bertz CT molecular complexity index is 613. The second-order valence-electron chi connectivity index (χ2n) is 9.10. The first-order chi connectivity index (χ1) is 11.3. The van der Waals surface area contributed by atoms with Crippen LogP contribution in [0.25, 0.3) is 0 Å². The van der Waals surface area contributed by atoms with Crippen LogP contribution in [0, 0.1) is 28.6 Å². The Hall–Kier alpha value is -1.32. The van der Waals surface area contributed by atoms with Crippen LogP contribution in [0.15, 0.2) is 11.6 Å². The minimum atomic E-state index is -0.424. The van der Waals surface area contributed by atoms with Gasteiger partial charge in [0.15, 0.2) is 0 Å². The number of nitrogens with two attached hydrogens (primary N) is 1. The molecular weight excluding hydrogens is 300 g/mol. The number of allylic oxidation sites excluding steroid dienone is 1. The molecule has 3 fully saturated rings. The first kappa shape index (κ1) is 16.2. The lowest BCUT2D eigenvalue weighted by atomic mass is 9.47. The Morgan fingerprint density at radius 3 is 2.54 bits per heavy atom. The first-order valence-electron chi connectivity index (χ1n) is 9.65. The van der Waals surface area contributed by atoms with Gasteiger partial charge in [-0.25, -0.2) is 4.79 Å². The summed E-state index contributed by atoms with van der Waals surface area (Å²) in [6, 6.07) is -0.323. The van der Waals surface area contributed by atoms with Crippen molar-refractivity contribution in [2.24, 2.45) is 34.3 Å². The Labute approximate surface area is 144 Å². The maximum atomic E-state index is 12.4. The zero-order valence-corrected chi connectivity index (χ0v) is 14.9. The van der Waals surface area contributed by atoms with Gasteiger partial charge in [0, 0.05) is 17.9 Å². The van der Waals surface area contributed by atoms with E-state index in [2.05, 4.69) is 25.2 Å². The molecule has 4 heteroatoms. The van der Waals surface area contributed by atoms with Gasteiger partial charge < -0.3 is 11.1 Å². The van der Waals surface area contributed by atoms with E-state index in [0.717, 1.165) is 38.5 Å². The van der Waals surface area contributed by atoms with E-state index in [-0.39, 0.29) is 16.9 Å². The number of rotatable bonds is 1. The number of fused-ring (bicyclic) bond motifs is 5. The van der Waals surface area contributed by atoms with E-state index in [0.29, 0.717) is 23.5 Å². The molecular formula is C20H30N2O2. The number of primary amides is 1. The molecule has 24 heavy (non-hydrogen) atoms. The van der Waals surface area contributed by atoms with E-state index in [1.165, 1.54) is 18.4 Å². The van der Waals surface area contributed by atoms with E-state index < -0.39 is 6.03 Å². The van der Waals surface area contributed by atoms with Crippen LogP contribution in [-0.2, 0) is 4.79 Å². The minimum absolute atomic E-state index is 0.0382. The van der Waals surface area contributed by atoms with Crippen LogP contribution in [0.3, 0.4) is 0 Å². The van der Waals surface area contributed by atoms with E-state index in [1.807, 2.05) is 0 Å². The molecule has 0 aromatic carbocycles. The number of hydrogen-bond acceptors (Lipinski definition) is 2. The molecule has 4 nitrogen and oxygen atoms in total. The molecule has 0 spiro atoms. The highest BCUT2D eigenvalue weighted by Crippen LogP contribution is 2.64. The quantitative estimate of drug-likeness (QED) is 0.722. The van der Waals surface area contributed by atoms with Gasteiger partial charge in [0.1, 0.15) is 5.78 Å². The largest absolute Gasteiger partial charge is 0.352 e. The predicted molar refractivity (Wildman–Crippen MR) is 93.2 cm³/mol.